The van der Waals surface area contributed by atoms with Crippen LogP contribution in [0.4, 0.5) is 4.39 Å². The normalized spacial score (nSPS) is 13.8. The summed E-state index contributed by atoms with van der Waals surface area (Å²) in [6.45, 7) is 3.05. The van der Waals surface area contributed by atoms with E-state index in [1.165, 1.54) is 41.3 Å². The van der Waals surface area contributed by atoms with Crippen LogP contribution < -0.4 is 0 Å². The van der Waals surface area contributed by atoms with Gasteiger partial charge < -0.3 is 4.57 Å². The first-order valence-corrected chi connectivity index (χ1v) is 11.0. The average Bonchev–Trinajstić information content (AvgIpc) is 3.25. The fraction of sp³-hybridized carbons (Fsp3) is 0.400. The minimum Gasteiger partial charge on any atom is -0.302 e. The molecule has 136 valence electrons. The Morgan fingerprint density at radius 1 is 1.19 bits per heavy atom. The number of nitrogens with zero attached hydrogens (tertiary/aromatic N) is 3. The van der Waals surface area contributed by atoms with E-state index in [1.54, 1.807) is 17.8 Å². The molecule has 1 aliphatic carbocycles. The van der Waals surface area contributed by atoms with Crippen LogP contribution in [0.15, 0.2) is 34.8 Å². The second-order valence-corrected chi connectivity index (χ2v) is 8.50. The van der Waals surface area contributed by atoms with Gasteiger partial charge in [0.15, 0.2) is 11.0 Å². The van der Waals surface area contributed by atoms with Gasteiger partial charge in [-0.2, -0.15) is 0 Å². The molecule has 4 rings (SSSR count). The molecule has 26 heavy (non-hydrogen) atoms. The monoisotopic (exact) mass is 387 g/mol. The molecule has 0 saturated carbocycles. The Hall–Kier alpha value is -1.66. The molecule has 0 N–H and O–H groups in total. The zero-order chi connectivity index (χ0) is 17.9. The number of halogens is 1. The summed E-state index contributed by atoms with van der Waals surface area (Å²) in [6.07, 6.45) is 5.90. The second-order valence-electron chi connectivity index (χ2n) is 6.60. The maximum absolute atomic E-state index is 13.9. The third-order valence-electron chi connectivity index (χ3n) is 4.78. The molecule has 1 aliphatic rings. The van der Waals surface area contributed by atoms with E-state index in [0.29, 0.717) is 11.3 Å². The summed E-state index contributed by atoms with van der Waals surface area (Å²) in [5.41, 5.74) is 3.43. The number of fused-ring (bicyclic) bond motifs is 1. The first-order valence-electron chi connectivity index (χ1n) is 9.17. The van der Waals surface area contributed by atoms with Crippen LogP contribution in [0, 0.1) is 5.82 Å². The molecule has 3 aromatic rings. The van der Waals surface area contributed by atoms with E-state index in [9.17, 15) is 4.39 Å². The van der Waals surface area contributed by atoms with Crippen LogP contribution in [0.25, 0.3) is 11.4 Å². The third-order valence-corrected chi connectivity index (χ3v) is 6.89. The molecule has 6 heteroatoms. The van der Waals surface area contributed by atoms with Crippen molar-refractivity contribution in [3.63, 3.8) is 0 Å². The topological polar surface area (TPSA) is 30.7 Å². The molecule has 0 radical (unpaired) electrons. The lowest BCUT2D eigenvalue weighted by Gasteiger charge is -2.13. The highest BCUT2D eigenvalue weighted by Gasteiger charge is 2.22. The fourth-order valence-corrected chi connectivity index (χ4v) is 5.53. The molecule has 0 saturated heterocycles. The maximum Gasteiger partial charge on any atom is 0.191 e. The fourth-order valence-electron chi connectivity index (χ4n) is 3.46. The quantitative estimate of drug-likeness (QED) is 0.506. The summed E-state index contributed by atoms with van der Waals surface area (Å²) in [5, 5.41) is 12.1. The van der Waals surface area contributed by atoms with Crippen molar-refractivity contribution in [3.05, 3.63) is 51.5 Å². The molecule has 0 amide bonds. The number of benzene rings is 1. The number of aryl methyl sites for hydroxylation is 1. The Labute approximate surface area is 161 Å². The molecule has 3 nitrogen and oxygen atoms in total. The van der Waals surface area contributed by atoms with Crippen molar-refractivity contribution >= 4 is 23.1 Å². The van der Waals surface area contributed by atoms with Crippen LogP contribution in [0.1, 0.15) is 42.2 Å². The lowest BCUT2D eigenvalue weighted by atomic mass is 9.95. The van der Waals surface area contributed by atoms with E-state index in [2.05, 4.69) is 27.1 Å². The van der Waals surface area contributed by atoms with E-state index in [1.807, 2.05) is 23.5 Å². The van der Waals surface area contributed by atoms with Gasteiger partial charge in [-0.15, -0.1) is 21.5 Å². The summed E-state index contributed by atoms with van der Waals surface area (Å²) in [5.74, 6) is 1.38. The summed E-state index contributed by atoms with van der Waals surface area (Å²) in [4.78, 5) is 1.51. The molecule has 0 bridgehead atoms. The van der Waals surface area contributed by atoms with Crippen LogP contribution in [0.5, 0.6) is 0 Å². The van der Waals surface area contributed by atoms with Gasteiger partial charge in [-0.3, -0.25) is 0 Å². The predicted molar refractivity (Wildman–Crippen MR) is 106 cm³/mol. The van der Waals surface area contributed by atoms with Crippen molar-refractivity contribution in [2.45, 2.75) is 56.5 Å². The third kappa shape index (κ3) is 3.45. The molecular formula is C20H22FN3S2. The van der Waals surface area contributed by atoms with E-state index < -0.39 is 0 Å². The van der Waals surface area contributed by atoms with Gasteiger partial charge in [0.1, 0.15) is 5.82 Å². The number of thioether (sulfide) groups is 1. The Kier molecular flexibility index (Phi) is 5.41. The molecule has 0 unspecified atom stereocenters. The second kappa shape index (κ2) is 7.92. The molecular weight excluding hydrogens is 365 g/mol. The zero-order valence-electron chi connectivity index (χ0n) is 14.9. The Morgan fingerprint density at radius 3 is 2.88 bits per heavy atom. The van der Waals surface area contributed by atoms with Crippen molar-refractivity contribution in [3.8, 4) is 11.4 Å². The number of rotatable bonds is 6. The van der Waals surface area contributed by atoms with Crippen molar-refractivity contribution in [2.75, 3.05) is 0 Å². The smallest absolute Gasteiger partial charge is 0.191 e. The zero-order valence-corrected chi connectivity index (χ0v) is 16.5. The molecule has 1 aromatic carbocycles. The van der Waals surface area contributed by atoms with Crippen LogP contribution in [0.3, 0.4) is 0 Å². The van der Waals surface area contributed by atoms with Gasteiger partial charge >= 0.3 is 0 Å². The molecule has 0 fully saturated rings. The number of hydrogen-bond donors (Lipinski definition) is 0. The molecule has 2 aromatic heterocycles. The summed E-state index contributed by atoms with van der Waals surface area (Å²) in [7, 11) is 0. The van der Waals surface area contributed by atoms with Crippen molar-refractivity contribution < 1.29 is 4.39 Å². The highest BCUT2D eigenvalue weighted by Crippen LogP contribution is 2.37. The highest BCUT2D eigenvalue weighted by molar-refractivity contribution is 7.98. The van der Waals surface area contributed by atoms with Gasteiger partial charge in [0.05, 0.1) is 0 Å². The van der Waals surface area contributed by atoms with Crippen LogP contribution in [0.2, 0.25) is 0 Å². The summed E-state index contributed by atoms with van der Waals surface area (Å²) < 4.78 is 16.1. The SMILES string of the molecule is CCCn1c(SCc2ccccc2F)nnc1-c1csc2c1CCCC2. The van der Waals surface area contributed by atoms with E-state index >= 15 is 0 Å². The largest absolute Gasteiger partial charge is 0.302 e. The van der Waals surface area contributed by atoms with Gasteiger partial charge in [-0.25, -0.2) is 4.39 Å². The first kappa shape index (κ1) is 17.7. The predicted octanol–water partition coefficient (Wildman–Crippen LogP) is 5.73. The van der Waals surface area contributed by atoms with Crippen LogP contribution in [-0.4, -0.2) is 14.8 Å². The summed E-state index contributed by atoms with van der Waals surface area (Å²) in [6, 6.07) is 6.94. The van der Waals surface area contributed by atoms with Gasteiger partial charge in [-0.05, 0) is 49.3 Å². The standard InChI is InChI=1S/C20H22FN3S2/c1-2-11-24-19(16-13-25-18-10-6-4-8-15(16)18)22-23-20(24)26-12-14-7-3-5-9-17(14)21/h3,5,7,9,13H,2,4,6,8,10-12H2,1H3. The van der Waals surface area contributed by atoms with Crippen LogP contribution >= 0.6 is 23.1 Å². The number of aromatic nitrogens is 3. The summed E-state index contributed by atoms with van der Waals surface area (Å²) >= 11 is 3.42. The van der Waals surface area contributed by atoms with Crippen LogP contribution in [-0.2, 0) is 25.1 Å². The molecule has 0 spiro atoms. The van der Waals surface area contributed by atoms with Gasteiger partial charge in [0.25, 0.3) is 0 Å². The Morgan fingerprint density at radius 2 is 2.04 bits per heavy atom. The molecule has 2 heterocycles. The van der Waals surface area contributed by atoms with E-state index in [0.717, 1.165) is 30.4 Å². The van der Waals surface area contributed by atoms with Gasteiger partial charge in [0, 0.05) is 28.1 Å². The van der Waals surface area contributed by atoms with Crippen molar-refractivity contribution in [1.82, 2.24) is 14.8 Å². The average molecular weight is 388 g/mol. The minimum atomic E-state index is -0.159. The minimum absolute atomic E-state index is 0.159. The molecule has 0 aliphatic heterocycles. The van der Waals surface area contributed by atoms with Crippen molar-refractivity contribution in [2.24, 2.45) is 0 Å². The first-order chi connectivity index (χ1) is 12.8. The lowest BCUT2D eigenvalue weighted by molar-refractivity contribution is 0.615. The Bertz CT molecular complexity index is 900. The van der Waals surface area contributed by atoms with Gasteiger partial charge in [-0.1, -0.05) is 36.9 Å². The molecule has 0 atom stereocenters. The highest BCUT2D eigenvalue weighted by atomic mass is 32.2. The van der Waals surface area contributed by atoms with E-state index in [4.69, 9.17) is 0 Å². The maximum atomic E-state index is 13.9. The number of thiophene rings is 1. The van der Waals surface area contributed by atoms with Gasteiger partial charge in [0.2, 0.25) is 0 Å². The Balaban J connectivity index is 1.63. The van der Waals surface area contributed by atoms with Crippen molar-refractivity contribution in [1.29, 1.82) is 0 Å². The lowest BCUT2D eigenvalue weighted by Crippen LogP contribution is -2.05. The van der Waals surface area contributed by atoms with E-state index in [-0.39, 0.29) is 5.82 Å². The number of hydrogen-bond acceptors (Lipinski definition) is 4.